The molecule has 0 unspecified atom stereocenters. The van der Waals surface area contributed by atoms with E-state index >= 15 is 0 Å². The molecule has 4 aromatic rings. The zero-order valence-corrected chi connectivity index (χ0v) is 16.8. The van der Waals surface area contributed by atoms with Crippen molar-refractivity contribution in [1.82, 2.24) is 29.9 Å². The smallest absolute Gasteiger partial charge is 0.130 e. The average Bonchev–Trinajstić information content (AvgIpc) is 3.38. The van der Waals surface area contributed by atoms with E-state index in [0.717, 1.165) is 51.5 Å². The van der Waals surface area contributed by atoms with E-state index in [1.807, 2.05) is 36.3 Å². The second-order valence-electron chi connectivity index (χ2n) is 7.44. The molecular weight excluding hydrogens is 366 g/mol. The SMILES string of the molecule is Cc1c(-c2cc(N3CCOC[C@H]3C)nc3c(-c4ccn[nH]4)nccc23)cnn1C. The lowest BCUT2D eigenvalue weighted by molar-refractivity contribution is 0.0986. The first-order chi connectivity index (χ1) is 14.1. The molecule has 1 saturated heterocycles. The standard InChI is InChI=1S/C21H23N7O/c1-13-12-29-9-8-28(13)19-10-16(17-11-24-27(3)14(17)2)15-4-6-22-21(20(15)25-19)18-5-7-23-26-18/h4-7,10-11,13H,8-9,12H2,1-3H3,(H,23,26)/t13-/m1/s1. The number of H-pyrrole nitrogens is 1. The molecule has 29 heavy (non-hydrogen) atoms. The summed E-state index contributed by atoms with van der Waals surface area (Å²) >= 11 is 0. The highest BCUT2D eigenvalue weighted by atomic mass is 16.5. The maximum absolute atomic E-state index is 5.63. The van der Waals surface area contributed by atoms with Gasteiger partial charge in [-0.3, -0.25) is 14.8 Å². The molecule has 148 valence electrons. The fraction of sp³-hybridized carbons (Fsp3) is 0.333. The van der Waals surface area contributed by atoms with E-state index < -0.39 is 0 Å². The fourth-order valence-corrected chi connectivity index (χ4v) is 3.92. The van der Waals surface area contributed by atoms with Crippen molar-refractivity contribution in [3.05, 3.63) is 42.5 Å². The van der Waals surface area contributed by atoms with Crippen molar-refractivity contribution in [2.24, 2.45) is 7.05 Å². The predicted octanol–water partition coefficient (Wildman–Crippen LogP) is 2.95. The Balaban J connectivity index is 1.80. The van der Waals surface area contributed by atoms with Gasteiger partial charge in [-0.2, -0.15) is 10.2 Å². The first kappa shape index (κ1) is 17.8. The molecule has 0 amide bonds. The number of aromatic nitrogens is 6. The molecule has 5 rings (SSSR count). The molecule has 1 aliphatic heterocycles. The summed E-state index contributed by atoms with van der Waals surface area (Å²) in [7, 11) is 1.96. The maximum Gasteiger partial charge on any atom is 0.130 e. The number of ether oxygens (including phenoxy) is 1. The van der Waals surface area contributed by atoms with Gasteiger partial charge in [-0.25, -0.2) is 4.98 Å². The molecule has 1 aliphatic rings. The molecule has 4 aromatic heterocycles. The number of aromatic amines is 1. The minimum atomic E-state index is 0.254. The molecule has 1 N–H and O–H groups in total. The van der Waals surface area contributed by atoms with Gasteiger partial charge in [0.2, 0.25) is 0 Å². The van der Waals surface area contributed by atoms with Crippen LogP contribution in [0, 0.1) is 6.92 Å². The Bertz CT molecular complexity index is 1170. The first-order valence-electron chi connectivity index (χ1n) is 9.76. The summed E-state index contributed by atoms with van der Waals surface area (Å²) in [5.74, 6) is 0.931. The second kappa shape index (κ2) is 6.97. The van der Waals surface area contributed by atoms with Crippen LogP contribution in [0.4, 0.5) is 5.82 Å². The van der Waals surface area contributed by atoms with E-state index in [0.29, 0.717) is 13.2 Å². The third-order valence-corrected chi connectivity index (χ3v) is 5.66. The van der Waals surface area contributed by atoms with Crippen molar-refractivity contribution in [2.45, 2.75) is 19.9 Å². The fourth-order valence-electron chi connectivity index (χ4n) is 3.92. The Morgan fingerprint density at radius 3 is 2.83 bits per heavy atom. The number of morpholine rings is 1. The predicted molar refractivity (Wildman–Crippen MR) is 112 cm³/mol. The van der Waals surface area contributed by atoms with Crippen LogP contribution in [0.2, 0.25) is 0 Å². The quantitative estimate of drug-likeness (QED) is 0.580. The second-order valence-corrected chi connectivity index (χ2v) is 7.44. The zero-order chi connectivity index (χ0) is 20.0. The lowest BCUT2D eigenvalue weighted by Gasteiger charge is -2.34. The minimum Gasteiger partial charge on any atom is -0.377 e. The van der Waals surface area contributed by atoms with Crippen LogP contribution in [0.25, 0.3) is 33.4 Å². The molecule has 8 nitrogen and oxygen atoms in total. The van der Waals surface area contributed by atoms with Gasteiger partial charge in [0.1, 0.15) is 17.0 Å². The van der Waals surface area contributed by atoms with Crippen LogP contribution in [0.3, 0.4) is 0 Å². The van der Waals surface area contributed by atoms with Crippen LogP contribution in [-0.4, -0.2) is 55.7 Å². The number of nitrogens with zero attached hydrogens (tertiary/aromatic N) is 6. The van der Waals surface area contributed by atoms with Crippen molar-refractivity contribution >= 4 is 16.7 Å². The zero-order valence-electron chi connectivity index (χ0n) is 16.8. The molecule has 5 heterocycles. The van der Waals surface area contributed by atoms with Gasteiger partial charge in [-0.1, -0.05) is 0 Å². The summed E-state index contributed by atoms with van der Waals surface area (Å²) in [4.78, 5) is 12.0. The molecule has 1 fully saturated rings. The van der Waals surface area contributed by atoms with Gasteiger partial charge < -0.3 is 9.64 Å². The van der Waals surface area contributed by atoms with Crippen LogP contribution < -0.4 is 4.90 Å². The lowest BCUT2D eigenvalue weighted by atomic mass is 10.0. The Labute approximate surface area is 168 Å². The van der Waals surface area contributed by atoms with Crippen molar-refractivity contribution in [3.63, 3.8) is 0 Å². The van der Waals surface area contributed by atoms with E-state index in [4.69, 9.17) is 9.72 Å². The average molecular weight is 389 g/mol. The Hall–Kier alpha value is -3.26. The summed E-state index contributed by atoms with van der Waals surface area (Å²) in [6, 6.07) is 6.37. The number of anilines is 1. The normalized spacial score (nSPS) is 17.2. The molecule has 0 radical (unpaired) electrons. The van der Waals surface area contributed by atoms with Crippen LogP contribution >= 0.6 is 0 Å². The third-order valence-electron chi connectivity index (χ3n) is 5.66. The molecule has 0 aromatic carbocycles. The van der Waals surface area contributed by atoms with Gasteiger partial charge in [0.05, 0.1) is 31.1 Å². The number of nitrogens with one attached hydrogen (secondary N) is 1. The summed E-state index contributed by atoms with van der Waals surface area (Å²) < 4.78 is 7.53. The number of fused-ring (bicyclic) bond motifs is 1. The van der Waals surface area contributed by atoms with Crippen LogP contribution in [0.15, 0.2) is 36.8 Å². The van der Waals surface area contributed by atoms with Gasteiger partial charge >= 0.3 is 0 Å². The van der Waals surface area contributed by atoms with Crippen LogP contribution in [0.5, 0.6) is 0 Å². The highest BCUT2D eigenvalue weighted by Gasteiger charge is 2.23. The van der Waals surface area contributed by atoms with Crippen molar-refractivity contribution in [1.29, 1.82) is 0 Å². The summed E-state index contributed by atoms with van der Waals surface area (Å²) in [5, 5.41) is 12.6. The van der Waals surface area contributed by atoms with Crippen LogP contribution in [-0.2, 0) is 11.8 Å². The van der Waals surface area contributed by atoms with Crippen molar-refractivity contribution in [2.75, 3.05) is 24.7 Å². The number of rotatable bonds is 3. The highest BCUT2D eigenvalue weighted by Crippen LogP contribution is 2.36. The number of hydrogen-bond acceptors (Lipinski definition) is 6. The largest absolute Gasteiger partial charge is 0.377 e. The molecular formula is C21H23N7O. The Kier molecular flexibility index (Phi) is 4.28. The molecule has 0 bridgehead atoms. The summed E-state index contributed by atoms with van der Waals surface area (Å²) in [6.45, 7) is 6.46. The topological polar surface area (TPSA) is 84.8 Å². The summed E-state index contributed by atoms with van der Waals surface area (Å²) in [6.07, 6.45) is 5.48. The minimum absolute atomic E-state index is 0.254. The third kappa shape index (κ3) is 2.96. The van der Waals surface area contributed by atoms with E-state index in [2.05, 4.69) is 45.1 Å². The summed E-state index contributed by atoms with van der Waals surface area (Å²) in [5.41, 5.74) is 5.82. The van der Waals surface area contributed by atoms with Gasteiger partial charge in [-0.05, 0) is 37.6 Å². The molecule has 8 heteroatoms. The number of aryl methyl sites for hydroxylation is 1. The molecule has 0 aliphatic carbocycles. The highest BCUT2D eigenvalue weighted by molar-refractivity contribution is 6.01. The van der Waals surface area contributed by atoms with Gasteiger partial charge in [0, 0.05) is 42.6 Å². The molecule has 0 spiro atoms. The van der Waals surface area contributed by atoms with Gasteiger partial charge in [-0.15, -0.1) is 0 Å². The Morgan fingerprint density at radius 1 is 1.21 bits per heavy atom. The number of hydrogen-bond donors (Lipinski definition) is 1. The van der Waals surface area contributed by atoms with E-state index in [-0.39, 0.29) is 6.04 Å². The number of pyridine rings is 2. The van der Waals surface area contributed by atoms with E-state index in [1.165, 1.54) is 0 Å². The maximum atomic E-state index is 5.63. The molecule has 0 saturated carbocycles. The monoisotopic (exact) mass is 389 g/mol. The van der Waals surface area contributed by atoms with E-state index in [1.54, 1.807) is 6.20 Å². The lowest BCUT2D eigenvalue weighted by Crippen LogP contribution is -2.44. The first-order valence-corrected chi connectivity index (χ1v) is 9.76. The van der Waals surface area contributed by atoms with Gasteiger partial charge in [0.15, 0.2) is 0 Å². The van der Waals surface area contributed by atoms with Gasteiger partial charge in [0.25, 0.3) is 0 Å². The molecule has 1 atom stereocenters. The Morgan fingerprint density at radius 2 is 2.10 bits per heavy atom. The van der Waals surface area contributed by atoms with Crippen molar-refractivity contribution < 1.29 is 4.74 Å². The van der Waals surface area contributed by atoms with Crippen LogP contribution in [0.1, 0.15) is 12.6 Å². The van der Waals surface area contributed by atoms with E-state index in [9.17, 15) is 0 Å². The van der Waals surface area contributed by atoms with Crippen molar-refractivity contribution in [3.8, 4) is 22.5 Å².